The van der Waals surface area contributed by atoms with E-state index in [1.807, 2.05) is 48.3 Å². The smallest absolute Gasteiger partial charge is 0.332 e. The van der Waals surface area contributed by atoms with Crippen molar-refractivity contribution >= 4 is 23.5 Å². The molecule has 1 atom stereocenters. The lowest BCUT2D eigenvalue weighted by Gasteiger charge is -2.52. The molecule has 2 aliphatic heterocycles. The van der Waals surface area contributed by atoms with Crippen molar-refractivity contribution in [3.8, 4) is 17.2 Å². The van der Waals surface area contributed by atoms with E-state index in [2.05, 4.69) is 0 Å². The molecule has 2 heterocycles. The molecule has 0 N–H and O–H groups in total. The standard InChI is InChI=1S/C25H29N3O6/c1-26-17-10-8-7-9-16(17)14-25(22(29)27(2)24(31)28(3)23(25)30)20(26)13-15-11-18(32-4)21(34-6)19(12-15)33-5/h7-12,20H,13-14H2,1-6H3/t20-/m1/s1. The molecule has 2 aromatic rings. The minimum atomic E-state index is -1.47. The molecule has 0 bridgehead atoms. The number of barbiturate groups is 1. The van der Waals surface area contributed by atoms with Gasteiger partial charge in [-0.3, -0.25) is 19.4 Å². The van der Waals surface area contributed by atoms with Crippen LogP contribution in [0.15, 0.2) is 36.4 Å². The Balaban J connectivity index is 1.89. The Morgan fingerprint density at radius 1 is 0.882 bits per heavy atom. The molecule has 4 amide bonds. The minimum Gasteiger partial charge on any atom is -0.493 e. The zero-order chi connectivity index (χ0) is 24.8. The Morgan fingerprint density at radius 2 is 1.44 bits per heavy atom. The molecule has 0 unspecified atom stereocenters. The van der Waals surface area contributed by atoms with Gasteiger partial charge in [-0.2, -0.15) is 0 Å². The van der Waals surface area contributed by atoms with Gasteiger partial charge in [0.25, 0.3) is 0 Å². The molecule has 2 aromatic carbocycles. The number of anilines is 1. The van der Waals surface area contributed by atoms with Crippen LogP contribution in [0.4, 0.5) is 10.5 Å². The summed E-state index contributed by atoms with van der Waals surface area (Å²) in [7, 11) is 9.32. The first-order chi connectivity index (χ1) is 16.2. The maximum atomic E-state index is 13.7. The topological polar surface area (TPSA) is 88.6 Å². The quantitative estimate of drug-likeness (QED) is 0.624. The molecule has 9 nitrogen and oxygen atoms in total. The minimum absolute atomic E-state index is 0.197. The zero-order valence-corrected chi connectivity index (χ0v) is 20.2. The van der Waals surface area contributed by atoms with E-state index >= 15 is 0 Å². The zero-order valence-electron chi connectivity index (χ0n) is 20.2. The van der Waals surface area contributed by atoms with Gasteiger partial charge in [-0.15, -0.1) is 0 Å². The van der Waals surface area contributed by atoms with E-state index in [1.165, 1.54) is 35.4 Å². The monoisotopic (exact) mass is 467 g/mol. The number of carbonyl (C=O) groups is 3. The first kappa shape index (κ1) is 23.4. The van der Waals surface area contributed by atoms with Gasteiger partial charge in [-0.25, -0.2) is 4.79 Å². The number of benzene rings is 2. The van der Waals surface area contributed by atoms with Crippen LogP contribution in [0.25, 0.3) is 0 Å². The Kier molecular flexibility index (Phi) is 5.89. The van der Waals surface area contributed by atoms with Gasteiger partial charge in [-0.05, 0) is 42.2 Å². The number of fused-ring (bicyclic) bond motifs is 1. The first-order valence-corrected chi connectivity index (χ1v) is 10.9. The Hall–Kier alpha value is -3.75. The second kappa shape index (κ2) is 8.55. The van der Waals surface area contributed by atoms with Crippen molar-refractivity contribution < 1.29 is 28.6 Å². The molecule has 0 aromatic heterocycles. The number of amides is 4. The highest BCUT2D eigenvalue weighted by Gasteiger charge is 2.62. The number of rotatable bonds is 5. The third-order valence-electron chi connectivity index (χ3n) is 6.98. The molecular weight excluding hydrogens is 438 g/mol. The summed E-state index contributed by atoms with van der Waals surface area (Å²) in [4.78, 5) is 44.1. The lowest BCUT2D eigenvalue weighted by atomic mass is 9.66. The van der Waals surface area contributed by atoms with E-state index in [9.17, 15) is 14.4 Å². The van der Waals surface area contributed by atoms with E-state index in [0.29, 0.717) is 23.7 Å². The second-order valence-electron chi connectivity index (χ2n) is 8.65. The molecule has 1 spiro atoms. The predicted molar refractivity (Wildman–Crippen MR) is 126 cm³/mol. The summed E-state index contributed by atoms with van der Waals surface area (Å²) >= 11 is 0. The van der Waals surface area contributed by atoms with Gasteiger partial charge in [0.05, 0.1) is 27.4 Å². The van der Waals surface area contributed by atoms with Crippen LogP contribution in [0, 0.1) is 5.41 Å². The van der Waals surface area contributed by atoms with E-state index in [-0.39, 0.29) is 6.42 Å². The highest BCUT2D eigenvalue weighted by Crippen LogP contribution is 2.47. The summed E-state index contributed by atoms with van der Waals surface area (Å²) in [5.41, 5.74) is 1.14. The number of ether oxygens (including phenoxy) is 3. The molecule has 9 heteroatoms. The van der Waals surface area contributed by atoms with Crippen LogP contribution < -0.4 is 19.1 Å². The van der Waals surface area contributed by atoms with E-state index < -0.39 is 29.3 Å². The summed E-state index contributed by atoms with van der Waals surface area (Å²) in [6, 6.07) is 10.1. The largest absolute Gasteiger partial charge is 0.493 e. The van der Waals surface area contributed by atoms with Crippen molar-refractivity contribution in [2.45, 2.75) is 18.9 Å². The highest BCUT2D eigenvalue weighted by molar-refractivity contribution is 6.20. The number of para-hydroxylation sites is 1. The highest BCUT2D eigenvalue weighted by atomic mass is 16.5. The fourth-order valence-electron chi connectivity index (χ4n) is 5.23. The van der Waals surface area contributed by atoms with Gasteiger partial charge in [0, 0.05) is 26.8 Å². The van der Waals surface area contributed by atoms with Crippen molar-refractivity contribution in [3.63, 3.8) is 0 Å². The molecule has 0 aliphatic carbocycles. The number of methoxy groups -OCH3 is 3. The van der Waals surface area contributed by atoms with E-state index in [4.69, 9.17) is 14.2 Å². The lowest BCUT2D eigenvalue weighted by Crippen LogP contribution is -2.71. The maximum absolute atomic E-state index is 13.7. The molecule has 0 radical (unpaired) electrons. The van der Waals surface area contributed by atoms with Gasteiger partial charge in [0.2, 0.25) is 17.6 Å². The third-order valence-corrected chi connectivity index (χ3v) is 6.98. The first-order valence-electron chi connectivity index (χ1n) is 10.9. The third kappa shape index (κ3) is 3.26. The molecule has 1 saturated heterocycles. The van der Waals surface area contributed by atoms with Gasteiger partial charge in [0.15, 0.2) is 16.9 Å². The van der Waals surface area contributed by atoms with Crippen molar-refractivity contribution in [3.05, 3.63) is 47.5 Å². The number of urea groups is 1. The van der Waals surface area contributed by atoms with Gasteiger partial charge in [-0.1, -0.05) is 18.2 Å². The fraction of sp³-hybridized carbons (Fsp3) is 0.400. The van der Waals surface area contributed by atoms with Crippen molar-refractivity contribution in [1.82, 2.24) is 9.80 Å². The SMILES string of the molecule is COc1cc(C[C@H]2N(C)c3ccccc3CC23C(=O)N(C)C(=O)N(C)C3=O)cc(OC)c1OC. The van der Waals surface area contributed by atoms with Gasteiger partial charge >= 0.3 is 6.03 Å². The molecule has 34 heavy (non-hydrogen) atoms. The van der Waals surface area contributed by atoms with E-state index in [1.54, 1.807) is 0 Å². The van der Waals surface area contributed by atoms with Crippen LogP contribution in [-0.2, 0) is 22.4 Å². The van der Waals surface area contributed by atoms with Crippen LogP contribution in [0.1, 0.15) is 11.1 Å². The summed E-state index contributed by atoms with van der Waals surface area (Å²) in [6.07, 6.45) is 0.525. The number of hydrogen-bond donors (Lipinski definition) is 0. The van der Waals surface area contributed by atoms with Crippen molar-refractivity contribution in [2.24, 2.45) is 5.41 Å². The number of imide groups is 2. The molecule has 2 aliphatic rings. The summed E-state index contributed by atoms with van der Waals surface area (Å²) in [6.45, 7) is 0. The number of carbonyl (C=O) groups excluding carboxylic acids is 3. The Bertz CT molecular complexity index is 1110. The fourth-order valence-corrected chi connectivity index (χ4v) is 5.23. The number of hydrogen-bond acceptors (Lipinski definition) is 7. The van der Waals surface area contributed by atoms with Crippen LogP contribution >= 0.6 is 0 Å². The summed E-state index contributed by atoms with van der Waals surface area (Å²) < 4.78 is 16.4. The normalized spacial score (nSPS) is 19.4. The Morgan fingerprint density at radius 3 is 1.97 bits per heavy atom. The average molecular weight is 468 g/mol. The lowest BCUT2D eigenvalue weighted by molar-refractivity contribution is -0.159. The van der Waals surface area contributed by atoms with Gasteiger partial charge in [0.1, 0.15) is 0 Å². The van der Waals surface area contributed by atoms with Gasteiger partial charge < -0.3 is 19.1 Å². The van der Waals surface area contributed by atoms with Crippen LogP contribution in [-0.4, -0.2) is 76.2 Å². The average Bonchev–Trinajstić information content (AvgIpc) is 2.86. The van der Waals surface area contributed by atoms with Crippen molar-refractivity contribution in [1.29, 1.82) is 0 Å². The summed E-state index contributed by atoms with van der Waals surface area (Å²) in [5, 5.41) is 0. The predicted octanol–water partition coefficient (Wildman–Crippen LogP) is 2.35. The second-order valence-corrected chi connectivity index (χ2v) is 8.65. The molecule has 1 fully saturated rings. The number of nitrogens with zero attached hydrogens (tertiary/aromatic N) is 3. The van der Waals surface area contributed by atoms with Crippen molar-refractivity contribution in [2.75, 3.05) is 47.4 Å². The number of likely N-dealkylation sites (N-methyl/N-ethyl adjacent to an activating group) is 1. The Labute approximate surface area is 198 Å². The molecule has 4 rings (SSSR count). The van der Waals surface area contributed by atoms with E-state index in [0.717, 1.165) is 26.6 Å². The molecular formula is C25H29N3O6. The molecule has 180 valence electrons. The maximum Gasteiger partial charge on any atom is 0.332 e. The van der Waals surface area contributed by atoms with Crippen LogP contribution in [0.3, 0.4) is 0 Å². The summed E-state index contributed by atoms with van der Waals surface area (Å²) in [5.74, 6) is 0.422. The van der Waals surface area contributed by atoms with Crippen LogP contribution in [0.5, 0.6) is 17.2 Å². The van der Waals surface area contributed by atoms with Crippen LogP contribution in [0.2, 0.25) is 0 Å². The molecule has 0 saturated carbocycles.